The third kappa shape index (κ3) is 3.16. The summed E-state index contributed by atoms with van der Waals surface area (Å²) in [7, 11) is 6.69. The molecule has 0 spiro atoms. The number of fused-ring (bicyclic) bond motifs is 1. The van der Waals surface area contributed by atoms with E-state index in [1.807, 2.05) is 11.3 Å². The number of rotatable bonds is 2. The van der Waals surface area contributed by atoms with Gasteiger partial charge in [0.05, 0.1) is 21.1 Å². The quantitative estimate of drug-likeness (QED) is 0.541. The van der Waals surface area contributed by atoms with E-state index in [9.17, 15) is 0 Å². The summed E-state index contributed by atoms with van der Waals surface area (Å²) in [5.41, 5.74) is 1.47. The maximum atomic E-state index is 2.29. The van der Waals surface area contributed by atoms with Gasteiger partial charge in [0.1, 0.15) is 6.54 Å². The highest BCUT2D eigenvalue weighted by Crippen LogP contribution is 2.26. The highest BCUT2D eigenvalue weighted by Gasteiger charge is 2.12. The molecule has 1 aromatic heterocycles. The third-order valence-corrected chi connectivity index (χ3v) is 3.22. The molecule has 1 nitrogen and oxygen atoms in total. The Balaban J connectivity index is 0.00000112. The van der Waals surface area contributed by atoms with E-state index in [1.54, 1.807) is 0 Å². The van der Waals surface area contributed by atoms with E-state index in [0.29, 0.717) is 0 Å². The van der Waals surface area contributed by atoms with E-state index in [-0.39, 0.29) is 24.0 Å². The fourth-order valence-electron chi connectivity index (χ4n) is 1.67. The van der Waals surface area contributed by atoms with E-state index in [0.717, 1.165) is 11.0 Å². The molecule has 82 valence electrons. The molecule has 0 aliphatic rings. The number of hydrogen-bond acceptors (Lipinski definition) is 1. The molecule has 15 heavy (non-hydrogen) atoms. The zero-order chi connectivity index (χ0) is 10.2. The molecule has 0 N–H and O–H groups in total. The molecule has 0 atom stereocenters. The Labute approximate surface area is 112 Å². The number of thiophene rings is 1. The smallest absolute Gasteiger partial charge is 0.105 e. The Bertz CT molecular complexity index is 442. The van der Waals surface area contributed by atoms with Gasteiger partial charge in [-0.1, -0.05) is 18.2 Å². The molecular formula is C12H16INS. The molecule has 0 aliphatic heterocycles. The molecule has 0 radical (unpaired) electrons. The second kappa shape index (κ2) is 4.80. The van der Waals surface area contributed by atoms with Crippen LogP contribution in [-0.2, 0) is 6.54 Å². The van der Waals surface area contributed by atoms with E-state index in [2.05, 4.69) is 50.8 Å². The molecule has 0 unspecified atom stereocenters. The number of halogens is 1. The first-order valence-electron chi connectivity index (χ1n) is 4.82. The van der Waals surface area contributed by atoms with Gasteiger partial charge in [0.25, 0.3) is 0 Å². The van der Waals surface area contributed by atoms with Crippen LogP contribution in [0, 0.1) is 0 Å². The minimum Gasteiger partial charge on any atom is -1.00 e. The average Bonchev–Trinajstić information content (AvgIpc) is 2.47. The first kappa shape index (κ1) is 12.9. The van der Waals surface area contributed by atoms with Gasteiger partial charge < -0.3 is 28.5 Å². The van der Waals surface area contributed by atoms with Gasteiger partial charge in [0.15, 0.2) is 0 Å². The standard InChI is InChI=1S/C12H16NS.HI/c1-13(2,3)8-10-9-14-12-7-5-4-6-11(10)12;/h4-7,9H,8H2,1-3H3;1H/q+1;/p-1. The molecule has 2 aromatic rings. The summed E-state index contributed by atoms with van der Waals surface area (Å²) >= 11 is 1.84. The predicted molar refractivity (Wildman–Crippen MR) is 63.6 cm³/mol. The van der Waals surface area contributed by atoms with Crippen molar-refractivity contribution in [3.05, 3.63) is 35.2 Å². The average molecular weight is 333 g/mol. The van der Waals surface area contributed by atoms with Crippen LogP contribution in [0.5, 0.6) is 0 Å². The molecule has 0 amide bonds. The van der Waals surface area contributed by atoms with Crippen LogP contribution in [-0.4, -0.2) is 25.6 Å². The Morgan fingerprint density at radius 2 is 1.80 bits per heavy atom. The molecule has 0 aliphatic carbocycles. The van der Waals surface area contributed by atoms with E-state index in [4.69, 9.17) is 0 Å². The van der Waals surface area contributed by atoms with Crippen LogP contribution in [0.3, 0.4) is 0 Å². The molecule has 3 heteroatoms. The summed E-state index contributed by atoms with van der Waals surface area (Å²) in [4.78, 5) is 0. The molecule has 1 aromatic carbocycles. The van der Waals surface area contributed by atoms with Crippen LogP contribution in [0.1, 0.15) is 5.56 Å². The van der Waals surface area contributed by atoms with Gasteiger partial charge in [-0.15, -0.1) is 11.3 Å². The van der Waals surface area contributed by atoms with Crippen molar-refractivity contribution >= 4 is 21.4 Å². The van der Waals surface area contributed by atoms with Gasteiger partial charge in [-0.3, -0.25) is 0 Å². The fourth-order valence-corrected chi connectivity index (χ4v) is 2.62. The number of hydrogen-bond donors (Lipinski definition) is 0. The van der Waals surface area contributed by atoms with E-state index in [1.165, 1.54) is 15.6 Å². The lowest BCUT2D eigenvalue weighted by Gasteiger charge is -2.23. The summed E-state index contributed by atoms with van der Waals surface area (Å²) in [6.07, 6.45) is 0. The summed E-state index contributed by atoms with van der Waals surface area (Å²) in [5, 5.41) is 3.71. The zero-order valence-corrected chi connectivity index (χ0v) is 12.3. The van der Waals surface area contributed by atoms with E-state index >= 15 is 0 Å². The van der Waals surface area contributed by atoms with Crippen molar-refractivity contribution in [2.24, 2.45) is 0 Å². The minimum absolute atomic E-state index is 0. The molecular weight excluding hydrogens is 317 g/mol. The van der Waals surface area contributed by atoms with Crippen LogP contribution < -0.4 is 24.0 Å². The fraction of sp³-hybridized carbons (Fsp3) is 0.333. The topological polar surface area (TPSA) is 0 Å². The van der Waals surface area contributed by atoms with Crippen molar-refractivity contribution < 1.29 is 28.5 Å². The maximum Gasteiger partial charge on any atom is 0.105 e. The molecule has 1 heterocycles. The molecule has 2 rings (SSSR count). The first-order valence-corrected chi connectivity index (χ1v) is 5.70. The van der Waals surface area contributed by atoms with Crippen molar-refractivity contribution in [1.82, 2.24) is 0 Å². The van der Waals surface area contributed by atoms with Crippen LogP contribution >= 0.6 is 11.3 Å². The summed E-state index contributed by atoms with van der Waals surface area (Å²) < 4.78 is 2.39. The lowest BCUT2D eigenvalue weighted by molar-refractivity contribution is -0.883. The molecule has 0 saturated heterocycles. The zero-order valence-electron chi connectivity index (χ0n) is 9.33. The lowest BCUT2D eigenvalue weighted by atomic mass is 10.1. The molecule has 0 saturated carbocycles. The first-order chi connectivity index (χ1) is 6.56. The summed E-state index contributed by atoms with van der Waals surface area (Å²) in [5.74, 6) is 0. The van der Waals surface area contributed by atoms with Crippen LogP contribution in [0.4, 0.5) is 0 Å². The molecule has 0 fully saturated rings. The van der Waals surface area contributed by atoms with Crippen molar-refractivity contribution in [3.63, 3.8) is 0 Å². The Morgan fingerprint density at radius 1 is 1.13 bits per heavy atom. The Morgan fingerprint density at radius 3 is 2.47 bits per heavy atom. The van der Waals surface area contributed by atoms with E-state index < -0.39 is 0 Å². The second-order valence-electron chi connectivity index (χ2n) is 4.71. The number of quaternary nitrogens is 1. The van der Waals surface area contributed by atoms with Crippen molar-refractivity contribution in [2.45, 2.75) is 6.54 Å². The SMILES string of the molecule is C[N+](C)(C)Cc1csc2ccccc12.[I-]. The van der Waals surface area contributed by atoms with Crippen molar-refractivity contribution in [3.8, 4) is 0 Å². The summed E-state index contributed by atoms with van der Waals surface area (Å²) in [6.45, 7) is 1.10. The van der Waals surface area contributed by atoms with Crippen molar-refractivity contribution in [2.75, 3.05) is 21.1 Å². The normalized spacial score (nSPS) is 11.4. The highest BCUT2D eigenvalue weighted by atomic mass is 127. The summed E-state index contributed by atoms with van der Waals surface area (Å²) in [6, 6.07) is 8.64. The van der Waals surface area contributed by atoms with Crippen LogP contribution in [0.2, 0.25) is 0 Å². The lowest BCUT2D eigenvalue weighted by Crippen LogP contribution is -3.00. The monoisotopic (exact) mass is 333 g/mol. The van der Waals surface area contributed by atoms with Crippen LogP contribution in [0.25, 0.3) is 10.1 Å². The van der Waals surface area contributed by atoms with Gasteiger partial charge in [-0.05, 0) is 6.07 Å². The van der Waals surface area contributed by atoms with Gasteiger partial charge in [0.2, 0.25) is 0 Å². The Kier molecular flexibility index (Phi) is 4.14. The number of benzene rings is 1. The van der Waals surface area contributed by atoms with Gasteiger partial charge >= 0.3 is 0 Å². The Hall–Kier alpha value is -0.130. The van der Waals surface area contributed by atoms with Crippen LogP contribution in [0.15, 0.2) is 29.6 Å². The van der Waals surface area contributed by atoms with Gasteiger partial charge in [0, 0.05) is 21.0 Å². The third-order valence-electron chi connectivity index (χ3n) is 2.21. The van der Waals surface area contributed by atoms with Crippen molar-refractivity contribution in [1.29, 1.82) is 0 Å². The van der Waals surface area contributed by atoms with Gasteiger partial charge in [-0.25, -0.2) is 0 Å². The second-order valence-corrected chi connectivity index (χ2v) is 5.62. The minimum atomic E-state index is 0. The highest BCUT2D eigenvalue weighted by molar-refractivity contribution is 7.17. The predicted octanol–water partition coefficient (Wildman–Crippen LogP) is 0.111. The largest absolute Gasteiger partial charge is 1.00 e. The molecule has 0 bridgehead atoms. The maximum absolute atomic E-state index is 2.29. The number of nitrogens with zero attached hydrogens (tertiary/aromatic N) is 1. The van der Waals surface area contributed by atoms with Gasteiger partial charge in [-0.2, -0.15) is 0 Å².